The summed E-state index contributed by atoms with van der Waals surface area (Å²) in [5, 5.41) is 3.35. The predicted octanol–water partition coefficient (Wildman–Crippen LogP) is 2.02. The summed E-state index contributed by atoms with van der Waals surface area (Å²) in [5.41, 5.74) is 0. The summed E-state index contributed by atoms with van der Waals surface area (Å²) < 4.78 is 0. The third-order valence-electron chi connectivity index (χ3n) is 2.44. The fourth-order valence-electron chi connectivity index (χ4n) is 1.47. The van der Waals surface area contributed by atoms with Crippen molar-refractivity contribution in [3.8, 4) is 0 Å². The van der Waals surface area contributed by atoms with Gasteiger partial charge >= 0.3 is 0 Å². The number of unbranched alkanes of at least 4 members (excludes halogenated alkanes) is 1. The van der Waals surface area contributed by atoms with Crippen molar-refractivity contribution in [1.29, 1.82) is 0 Å². The number of rotatable bonds is 9. The number of nitrogens with zero attached hydrogens (tertiary/aromatic N) is 1. The molecule has 0 spiro atoms. The molecule has 90 valence electrons. The molecule has 0 fully saturated rings. The first-order valence-electron chi connectivity index (χ1n) is 6.18. The molecule has 0 aromatic carbocycles. The van der Waals surface area contributed by atoms with Crippen molar-refractivity contribution in [1.82, 2.24) is 10.2 Å². The van der Waals surface area contributed by atoms with E-state index in [0.29, 0.717) is 0 Å². The summed E-state index contributed by atoms with van der Waals surface area (Å²) in [6.45, 7) is 9.89. The molecule has 0 atom stereocenters. The van der Waals surface area contributed by atoms with Gasteiger partial charge in [0.2, 0.25) is 5.91 Å². The van der Waals surface area contributed by atoms with Gasteiger partial charge in [0, 0.05) is 20.0 Å². The second-order valence-corrected chi connectivity index (χ2v) is 3.96. The van der Waals surface area contributed by atoms with Gasteiger partial charge in [0.05, 0.1) is 0 Å². The zero-order valence-corrected chi connectivity index (χ0v) is 10.5. The van der Waals surface area contributed by atoms with Crippen molar-refractivity contribution in [2.24, 2.45) is 0 Å². The van der Waals surface area contributed by atoms with E-state index in [2.05, 4.69) is 19.2 Å². The molecule has 0 rings (SSSR count). The monoisotopic (exact) mass is 214 g/mol. The van der Waals surface area contributed by atoms with Crippen LogP contribution in [0.4, 0.5) is 0 Å². The Bertz CT molecular complexity index is 160. The van der Waals surface area contributed by atoms with E-state index in [0.717, 1.165) is 45.4 Å². The van der Waals surface area contributed by atoms with Crippen LogP contribution in [0, 0.1) is 0 Å². The first-order valence-corrected chi connectivity index (χ1v) is 6.18. The molecule has 0 aliphatic carbocycles. The number of nitrogens with one attached hydrogen (secondary N) is 1. The maximum atomic E-state index is 11.3. The van der Waals surface area contributed by atoms with Gasteiger partial charge in [-0.2, -0.15) is 0 Å². The van der Waals surface area contributed by atoms with Gasteiger partial charge in [0.25, 0.3) is 0 Å². The minimum Gasteiger partial charge on any atom is -0.343 e. The van der Waals surface area contributed by atoms with Crippen LogP contribution in [0.25, 0.3) is 0 Å². The smallest absolute Gasteiger partial charge is 0.219 e. The molecule has 0 aromatic heterocycles. The lowest BCUT2D eigenvalue weighted by Crippen LogP contribution is -2.32. The predicted molar refractivity (Wildman–Crippen MR) is 64.9 cm³/mol. The molecular formula is C12H26N2O. The minimum atomic E-state index is 0.207. The van der Waals surface area contributed by atoms with E-state index in [1.165, 1.54) is 6.42 Å². The van der Waals surface area contributed by atoms with Gasteiger partial charge in [-0.3, -0.25) is 4.79 Å². The van der Waals surface area contributed by atoms with E-state index >= 15 is 0 Å². The van der Waals surface area contributed by atoms with Gasteiger partial charge < -0.3 is 10.2 Å². The lowest BCUT2D eigenvalue weighted by molar-refractivity contribution is -0.129. The molecule has 0 aliphatic heterocycles. The summed E-state index contributed by atoms with van der Waals surface area (Å²) in [6.07, 6.45) is 4.50. The van der Waals surface area contributed by atoms with Crippen molar-refractivity contribution in [2.75, 3.05) is 26.2 Å². The summed E-state index contributed by atoms with van der Waals surface area (Å²) in [7, 11) is 0. The van der Waals surface area contributed by atoms with Gasteiger partial charge in [0.15, 0.2) is 0 Å². The molecule has 0 aliphatic rings. The van der Waals surface area contributed by atoms with E-state index in [4.69, 9.17) is 0 Å². The number of hydrogen-bond donors (Lipinski definition) is 1. The van der Waals surface area contributed by atoms with Crippen LogP contribution in [0.15, 0.2) is 0 Å². The van der Waals surface area contributed by atoms with Crippen LogP contribution in [0.3, 0.4) is 0 Å². The molecule has 15 heavy (non-hydrogen) atoms. The Hall–Kier alpha value is -0.570. The van der Waals surface area contributed by atoms with Gasteiger partial charge in [0.1, 0.15) is 0 Å². The average Bonchev–Trinajstić information content (AvgIpc) is 2.21. The minimum absolute atomic E-state index is 0.207. The number of amides is 1. The molecular weight excluding hydrogens is 188 g/mol. The van der Waals surface area contributed by atoms with E-state index in [9.17, 15) is 4.79 Å². The van der Waals surface area contributed by atoms with Crippen molar-refractivity contribution in [3.05, 3.63) is 0 Å². The largest absolute Gasteiger partial charge is 0.343 e. The van der Waals surface area contributed by atoms with Crippen LogP contribution in [-0.4, -0.2) is 37.0 Å². The molecule has 0 aromatic rings. The van der Waals surface area contributed by atoms with Crippen molar-refractivity contribution >= 4 is 5.91 Å². The molecule has 3 heteroatoms. The Kier molecular flexibility index (Phi) is 9.59. The molecule has 0 bridgehead atoms. The molecule has 0 saturated carbocycles. The maximum Gasteiger partial charge on any atom is 0.219 e. The number of carbonyl (C=O) groups excluding carboxylic acids is 1. The molecule has 3 nitrogen and oxygen atoms in total. The molecule has 1 amide bonds. The number of carbonyl (C=O) groups is 1. The second-order valence-electron chi connectivity index (χ2n) is 3.96. The number of hydrogen-bond acceptors (Lipinski definition) is 2. The van der Waals surface area contributed by atoms with Crippen LogP contribution in [0.2, 0.25) is 0 Å². The molecule has 0 heterocycles. The van der Waals surface area contributed by atoms with Crippen molar-refractivity contribution < 1.29 is 4.79 Å². The highest BCUT2D eigenvalue weighted by atomic mass is 16.2. The van der Waals surface area contributed by atoms with Crippen LogP contribution in [-0.2, 0) is 4.79 Å². The summed E-state index contributed by atoms with van der Waals surface area (Å²) in [4.78, 5) is 13.2. The topological polar surface area (TPSA) is 32.3 Å². The van der Waals surface area contributed by atoms with Gasteiger partial charge in [-0.15, -0.1) is 0 Å². The Morgan fingerprint density at radius 3 is 2.27 bits per heavy atom. The van der Waals surface area contributed by atoms with E-state index in [1.807, 2.05) is 4.90 Å². The lowest BCUT2D eigenvalue weighted by atomic mass is 10.3. The normalized spacial score (nSPS) is 10.3. The summed E-state index contributed by atoms with van der Waals surface area (Å²) >= 11 is 0. The van der Waals surface area contributed by atoms with E-state index in [1.54, 1.807) is 6.92 Å². The van der Waals surface area contributed by atoms with Crippen LogP contribution < -0.4 is 5.32 Å². The van der Waals surface area contributed by atoms with Crippen LogP contribution in [0.1, 0.15) is 46.5 Å². The highest BCUT2D eigenvalue weighted by Gasteiger charge is 2.06. The standard InChI is InChI=1S/C12H26N2O/c1-4-6-10-14(12(3)15)11-7-9-13-8-5-2/h13H,4-11H2,1-3H3. The highest BCUT2D eigenvalue weighted by Crippen LogP contribution is 1.97. The SMILES string of the molecule is CCCCN(CCCNCCC)C(C)=O. The summed E-state index contributed by atoms with van der Waals surface area (Å²) in [5.74, 6) is 0.207. The Labute approximate surface area is 94.2 Å². The van der Waals surface area contributed by atoms with E-state index in [-0.39, 0.29) is 5.91 Å². The Morgan fingerprint density at radius 2 is 1.73 bits per heavy atom. The summed E-state index contributed by atoms with van der Waals surface area (Å²) in [6, 6.07) is 0. The zero-order chi connectivity index (χ0) is 11.5. The van der Waals surface area contributed by atoms with Crippen molar-refractivity contribution in [2.45, 2.75) is 46.5 Å². The molecule has 1 N–H and O–H groups in total. The maximum absolute atomic E-state index is 11.3. The highest BCUT2D eigenvalue weighted by molar-refractivity contribution is 5.73. The van der Waals surface area contributed by atoms with Crippen LogP contribution in [0.5, 0.6) is 0 Å². The molecule has 0 saturated heterocycles. The average molecular weight is 214 g/mol. The third-order valence-corrected chi connectivity index (χ3v) is 2.44. The molecule has 0 unspecified atom stereocenters. The first kappa shape index (κ1) is 14.4. The van der Waals surface area contributed by atoms with E-state index < -0.39 is 0 Å². The van der Waals surface area contributed by atoms with Crippen molar-refractivity contribution in [3.63, 3.8) is 0 Å². The van der Waals surface area contributed by atoms with Gasteiger partial charge in [-0.1, -0.05) is 20.3 Å². The van der Waals surface area contributed by atoms with Crippen LogP contribution >= 0.6 is 0 Å². The van der Waals surface area contributed by atoms with Gasteiger partial charge in [-0.25, -0.2) is 0 Å². The Balaban J connectivity index is 3.53. The first-order chi connectivity index (χ1) is 7.22. The lowest BCUT2D eigenvalue weighted by Gasteiger charge is -2.20. The molecule has 0 radical (unpaired) electrons. The fourth-order valence-corrected chi connectivity index (χ4v) is 1.47. The third kappa shape index (κ3) is 8.43. The fraction of sp³-hybridized carbons (Fsp3) is 0.917. The zero-order valence-electron chi connectivity index (χ0n) is 10.5. The quantitative estimate of drug-likeness (QED) is 0.596. The Morgan fingerprint density at radius 1 is 1.07 bits per heavy atom. The second kappa shape index (κ2) is 9.97. The van der Waals surface area contributed by atoms with Gasteiger partial charge in [-0.05, 0) is 32.4 Å².